The van der Waals surface area contributed by atoms with Crippen molar-refractivity contribution in [1.29, 1.82) is 0 Å². The summed E-state index contributed by atoms with van der Waals surface area (Å²) in [5.41, 5.74) is 1.32. The lowest BCUT2D eigenvalue weighted by Crippen LogP contribution is -2.20. The van der Waals surface area contributed by atoms with E-state index in [2.05, 4.69) is 17.1 Å². The summed E-state index contributed by atoms with van der Waals surface area (Å²) in [7, 11) is 1.77. The molecule has 3 heterocycles. The summed E-state index contributed by atoms with van der Waals surface area (Å²) >= 11 is 1.73. The van der Waals surface area contributed by atoms with Crippen molar-refractivity contribution in [3.8, 4) is 0 Å². The summed E-state index contributed by atoms with van der Waals surface area (Å²) < 4.78 is 3.53. The molecule has 4 rings (SSSR count). The molecule has 1 atom stereocenters. The van der Waals surface area contributed by atoms with E-state index in [0.29, 0.717) is 11.7 Å². The SMILES string of the molecule is CC1CCc2c(sc3c2c(=O)n(C)c2nncn32)C1. The van der Waals surface area contributed by atoms with Gasteiger partial charge in [-0.3, -0.25) is 13.8 Å². The maximum atomic E-state index is 12.5. The third kappa shape index (κ3) is 1.37. The molecule has 0 spiro atoms. The fourth-order valence-electron chi connectivity index (χ4n) is 2.99. The Kier molecular flexibility index (Phi) is 2.15. The molecule has 1 unspecified atom stereocenters. The van der Waals surface area contributed by atoms with Crippen molar-refractivity contribution in [1.82, 2.24) is 19.2 Å². The van der Waals surface area contributed by atoms with Gasteiger partial charge < -0.3 is 0 Å². The van der Waals surface area contributed by atoms with Crippen LogP contribution in [0.1, 0.15) is 23.8 Å². The van der Waals surface area contributed by atoms with E-state index in [0.717, 1.165) is 23.1 Å². The van der Waals surface area contributed by atoms with Crippen LogP contribution >= 0.6 is 11.3 Å². The topological polar surface area (TPSA) is 52.2 Å². The number of aromatic nitrogens is 4. The molecule has 3 aromatic rings. The first kappa shape index (κ1) is 11.2. The molecule has 1 aliphatic carbocycles. The molecule has 98 valence electrons. The number of hydrogen-bond acceptors (Lipinski definition) is 4. The van der Waals surface area contributed by atoms with Gasteiger partial charge in [-0.2, -0.15) is 0 Å². The van der Waals surface area contributed by atoms with E-state index >= 15 is 0 Å². The highest BCUT2D eigenvalue weighted by molar-refractivity contribution is 7.18. The van der Waals surface area contributed by atoms with Gasteiger partial charge in [0.2, 0.25) is 5.78 Å². The van der Waals surface area contributed by atoms with E-state index < -0.39 is 0 Å². The van der Waals surface area contributed by atoms with Crippen molar-refractivity contribution >= 4 is 27.3 Å². The molecule has 0 fully saturated rings. The first-order valence-electron chi connectivity index (χ1n) is 6.49. The van der Waals surface area contributed by atoms with Crippen LogP contribution in [-0.2, 0) is 19.9 Å². The molecular weight excluding hydrogens is 260 g/mol. The lowest BCUT2D eigenvalue weighted by Gasteiger charge is -2.17. The Hall–Kier alpha value is -1.69. The van der Waals surface area contributed by atoms with Crippen LogP contribution in [0, 0.1) is 5.92 Å². The summed E-state index contributed by atoms with van der Waals surface area (Å²) in [6.45, 7) is 2.28. The third-order valence-electron chi connectivity index (χ3n) is 4.06. The maximum absolute atomic E-state index is 12.5. The number of aryl methyl sites for hydroxylation is 2. The summed E-state index contributed by atoms with van der Waals surface area (Å²) in [5.74, 6) is 1.32. The molecule has 0 saturated carbocycles. The van der Waals surface area contributed by atoms with Gasteiger partial charge >= 0.3 is 0 Å². The zero-order valence-corrected chi connectivity index (χ0v) is 11.7. The van der Waals surface area contributed by atoms with Crippen LogP contribution in [0.5, 0.6) is 0 Å². The minimum absolute atomic E-state index is 0.0579. The molecule has 1 aliphatic rings. The Morgan fingerprint density at radius 1 is 1.47 bits per heavy atom. The minimum atomic E-state index is 0.0579. The Morgan fingerprint density at radius 3 is 3.16 bits per heavy atom. The van der Waals surface area contributed by atoms with Crippen LogP contribution < -0.4 is 5.56 Å². The van der Waals surface area contributed by atoms with Crippen molar-refractivity contribution in [3.05, 3.63) is 27.1 Å². The van der Waals surface area contributed by atoms with E-state index in [1.54, 1.807) is 29.3 Å². The van der Waals surface area contributed by atoms with Gasteiger partial charge in [-0.15, -0.1) is 21.5 Å². The largest absolute Gasteiger partial charge is 0.279 e. The lowest BCUT2D eigenvalue weighted by atomic mass is 9.89. The number of hydrogen-bond donors (Lipinski definition) is 0. The fraction of sp³-hybridized carbons (Fsp3) is 0.462. The Morgan fingerprint density at radius 2 is 2.32 bits per heavy atom. The van der Waals surface area contributed by atoms with Crippen LogP contribution in [0.4, 0.5) is 0 Å². The molecular formula is C13H14N4OS. The molecule has 0 aromatic carbocycles. The summed E-state index contributed by atoms with van der Waals surface area (Å²) in [6, 6.07) is 0. The number of fused-ring (bicyclic) bond motifs is 5. The summed E-state index contributed by atoms with van der Waals surface area (Å²) in [4.78, 5) is 14.9. The molecule has 19 heavy (non-hydrogen) atoms. The van der Waals surface area contributed by atoms with Gasteiger partial charge in [-0.25, -0.2) is 0 Å². The lowest BCUT2D eigenvalue weighted by molar-refractivity contribution is 0.509. The highest BCUT2D eigenvalue weighted by Crippen LogP contribution is 2.36. The zero-order chi connectivity index (χ0) is 13.1. The van der Waals surface area contributed by atoms with Crippen LogP contribution in [0.2, 0.25) is 0 Å². The van der Waals surface area contributed by atoms with Crippen LogP contribution in [-0.4, -0.2) is 19.2 Å². The fourth-order valence-corrected chi connectivity index (χ4v) is 4.45. The molecule has 3 aromatic heterocycles. The second kappa shape index (κ2) is 3.66. The molecule has 0 aliphatic heterocycles. The molecule has 6 heteroatoms. The van der Waals surface area contributed by atoms with E-state index in [4.69, 9.17) is 0 Å². The maximum Gasteiger partial charge on any atom is 0.263 e. The van der Waals surface area contributed by atoms with E-state index in [-0.39, 0.29) is 5.56 Å². The van der Waals surface area contributed by atoms with Crippen molar-refractivity contribution in [3.63, 3.8) is 0 Å². The van der Waals surface area contributed by atoms with Gasteiger partial charge in [0, 0.05) is 11.9 Å². The van der Waals surface area contributed by atoms with Crippen molar-refractivity contribution in [2.75, 3.05) is 0 Å². The number of thiophene rings is 1. The van der Waals surface area contributed by atoms with Crippen LogP contribution in [0.25, 0.3) is 16.0 Å². The van der Waals surface area contributed by atoms with Gasteiger partial charge in [-0.1, -0.05) is 6.92 Å². The highest BCUT2D eigenvalue weighted by atomic mass is 32.1. The van der Waals surface area contributed by atoms with E-state index in [1.165, 1.54) is 16.9 Å². The Labute approximate surface area is 113 Å². The quantitative estimate of drug-likeness (QED) is 0.628. The zero-order valence-electron chi connectivity index (χ0n) is 10.9. The van der Waals surface area contributed by atoms with Gasteiger partial charge in [0.05, 0.1) is 5.39 Å². The summed E-state index contributed by atoms with van der Waals surface area (Å²) in [6.07, 6.45) is 4.96. The second-order valence-corrected chi connectivity index (χ2v) is 6.48. The predicted molar refractivity (Wildman–Crippen MR) is 74.8 cm³/mol. The second-order valence-electron chi connectivity index (χ2n) is 5.40. The number of nitrogens with zero attached hydrogens (tertiary/aromatic N) is 4. The van der Waals surface area contributed by atoms with Crippen LogP contribution in [0.3, 0.4) is 0 Å². The predicted octanol–water partition coefficient (Wildman–Crippen LogP) is 1.77. The first-order chi connectivity index (χ1) is 9.16. The molecule has 0 bridgehead atoms. The standard InChI is InChI=1S/C13H14N4OS/c1-7-3-4-8-9(5-7)19-12-10(8)11(18)16(2)13-15-14-6-17(12)13/h6-7H,3-5H2,1-2H3. The first-order valence-corrected chi connectivity index (χ1v) is 7.31. The minimum Gasteiger partial charge on any atom is -0.279 e. The van der Waals surface area contributed by atoms with E-state index in [1.807, 2.05) is 4.40 Å². The molecule has 0 radical (unpaired) electrons. The van der Waals surface area contributed by atoms with Crippen molar-refractivity contribution in [2.24, 2.45) is 13.0 Å². The average molecular weight is 274 g/mol. The molecule has 0 saturated heterocycles. The van der Waals surface area contributed by atoms with E-state index in [9.17, 15) is 4.79 Å². The monoisotopic (exact) mass is 274 g/mol. The Balaban J connectivity index is 2.21. The van der Waals surface area contributed by atoms with Gasteiger partial charge in [0.25, 0.3) is 5.56 Å². The smallest absolute Gasteiger partial charge is 0.263 e. The number of rotatable bonds is 0. The third-order valence-corrected chi connectivity index (χ3v) is 5.31. The van der Waals surface area contributed by atoms with Gasteiger partial charge in [-0.05, 0) is 30.7 Å². The van der Waals surface area contributed by atoms with Crippen LogP contribution in [0.15, 0.2) is 11.1 Å². The average Bonchev–Trinajstić information content (AvgIpc) is 2.99. The Bertz CT molecular complexity index is 857. The van der Waals surface area contributed by atoms with Gasteiger partial charge in [0.15, 0.2) is 0 Å². The van der Waals surface area contributed by atoms with Crippen molar-refractivity contribution < 1.29 is 0 Å². The van der Waals surface area contributed by atoms with Crippen molar-refractivity contribution in [2.45, 2.75) is 26.2 Å². The molecule has 0 N–H and O–H groups in total. The van der Waals surface area contributed by atoms with Gasteiger partial charge in [0.1, 0.15) is 11.2 Å². The molecule has 0 amide bonds. The molecule has 5 nitrogen and oxygen atoms in total. The summed E-state index contributed by atoms with van der Waals surface area (Å²) in [5, 5.41) is 8.84. The highest BCUT2D eigenvalue weighted by Gasteiger charge is 2.24. The normalized spacial score (nSPS) is 19.2.